The van der Waals surface area contributed by atoms with Gasteiger partial charge in [-0.2, -0.15) is 0 Å². The van der Waals surface area contributed by atoms with Crippen LogP contribution in [-0.4, -0.2) is 44.7 Å². The van der Waals surface area contributed by atoms with Crippen LogP contribution in [0.3, 0.4) is 0 Å². The molecule has 0 radical (unpaired) electrons. The van der Waals surface area contributed by atoms with Crippen molar-refractivity contribution in [3.63, 3.8) is 0 Å². The van der Waals surface area contributed by atoms with Gasteiger partial charge >= 0.3 is 0 Å². The van der Waals surface area contributed by atoms with Crippen molar-refractivity contribution in [2.45, 2.75) is 45.6 Å². The molecule has 2 rings (SSSR count). The fraction of sp³-hybridized carbons (Fsp3) is 0.611. The van der Waals surface area contributed by atoms with Crippen LogP contribution in [0.4, 0.5) is 5.69 Å². The molecule has 1 aliphatic rings. The largest absolute Gasteiger partial charge is 0.496 e. The Morgan fingerprint density at radius 1 is 1.36 bits per heavy atom. The van der Waals surface area contributed by atoms with E-state index < -0.39 is 0 Å². The Balaban J connectivity index is 2.03. The second kappa shape index (κ2) is 8.18. The number of benzene rings is 1. The molecule has 1 saturated carbocycles. The van der Waals surface area contributed by atoms with Gasteiger partial charge in [-0.1, -0.05) is 6.07 Å². The lowest BCUT2D eigenvalue weighted by atomic mass is 9.96. The summed E-state index contributed by atoms with van der Waals surface area (Å²) >= 11 is 0. The van der Waals surface area contributed by atoms with Gasteiger partial charge in [0, 0.05) is 19.7 Å². The first-order valence-electron chi connectivity index (χ1n) is 8.17. The SMILES string of the molecule is CCN(C)C=Nc1cc(OC)c(CCOC2CCC2)cc1C. The summed E-state index contributed by atoms with van der Waals surface area (Å²) in [6.07, 6.45) is 6.98. The van der Waals surface area contributed by atoms with E-state index in [0.717, 1.165) is 31.0 Å². The zero-order valence-corrected chi connectivity index (χ0v) is 14.3. The molecule has 1 aromatic rings. The van der Waals surface area contributed by atoms with Crippen molar-refractivity contribution in [1.29, 1.82) is 0 Å². The van der Waals surface area contributed by atoms with Crippen molar-refractivity contribution in [3.05, 3.63) is 23.3 Å². The number of hydrogen-bond acceptors (Lipinski definition) is 3. The van der Waals surface area contributed by atoms with Crippen LogP contribution in [0.15, 0.2) is 17.1 Å². The van der Waals surface area contributed by atoms with Crippen molar-refractivity contribution >= 4 is 12.0 Å². The van der Waals surface area contributed by atoms with Gasteiger partial charge in [0.15, 0.2) is 0 Å². The van der Waals surface area contributed by atoms with Gasteiger partial charge in [0.1, 0.15) is 5.75 Å². The average molecular weight is 304 g/mol. The standard InChI is InChI=1S/C18H28N2O2/c1-5-20(3)13-19-17-12-18(21-4)15(11-14(17)2)9-10-22-16-7-6-8-16/h11-13,16H,5-10H2,1-4H3. The lowest BCUT2D eigenvalue weighted by Gasteiger charge is -2.25. The zero-order chi connectivity index (χ0) is 15.9. The minimum atomic E-state index is 0.487. The summed E-state index contributed by atoms with van der Waals surface area (Å²) in [5.74, 6) is 0.897. The molecule has 0 atom stereocenters. The average Bonchev–Trinajstić information content (AvgIpc) is 2.48. The fourth-order valence-corrected chi connectivity index (χ4v) is 2.38. The van der Waals surface area contributed by atoms with Gasteiger partial charge in [-0.25, -0.2) is 4.99 Å². The van der Waals surface area contributed by atoms with Crippen molar-refractivity contribution in [3.8, 4) is 5.75 Å². The van der Waals surface area contributed by atoms with Gasteiger partial charge in [-0.3, -0.25) is 0 Å². The van der Waals surface area contributed by atoms with Gasteiger partial charge in [0.05, 0.1) is 31.8 Å². The highest BCUT2D eigenvalue weighted by atomic mass is 16.5. The molecule has 4 nitrogen and oxygen atoms in total. The summed E-state index contributed by atoms with van der Waals surface area (Å²) in [7, 11) is 3.73. The summed E-state index contributed by atoms with van der Waals surface area (Å²) in [5.41, 5.74) is 3.32. The quantitative estimate of drug-likeness (QED) is 0.542. The van der Waals surface area contributed by atoms with Crippen molar-refractivity contribution in [2.75, 3.05) is 27.3 Å². The number of rotatable bonds is 8. The van der Waals surface area contributed by atoms with Crippen LogP contribution in [0.1, 0.15) is 37.3 Å². The molecule has 22 heavy (non-hydrogen) atoms. The monoisotopic (exact) mass is 304 g/mol. The Morgan fingerprint density at radius 3 is 2.73 bits per heavy atom. The highest BCUT2D eigenvalue weighted by Gasteiger charge is 2.17. The van der Waals surface area contributed by atoms with E-state index in [-0.39, 0.29) is 0 Å². The molecular weight excluding hydrogens is 276 g/mol. The van der Waals surface area contributed by atoms with Crippen molar-refractivity contribution in [1.82, 2.24) is 4.90 Å². The summed E-state index contributed by atoms with van der Waals surface area (Å²) in [5, 5.41) is 0. The number of aliphatic imine (C=N–C) groups is 1. The fourth-order valence-electron chi connectivity index (χ4n) is 2.38. The van der Waals surface area contributed by atoms with Crippen LogP contribution in [0.5, 0.6) is 5.75 Å². The third kappa shape index (κ3) is 4.47. The molecule has 1 fully saturated rings. The molecule has 4 heteroatoms. The van der Waals surface area contributed by atoms with E-state index >= 15 is 0 Å². The predicted molar refractivity (Wildman–Crippen MR) is 91.5 cm³/mol. The minimum Gasteiger partial charge on any atom is -0.496 e. The molecule has 0 unspecified atom stereocenters. The van der Waals surface area contributed by atoms with E-state index in [0.29, 0.717) is 6.10 Å². The molecule has 0 amide bonds. The smallest absolute Gasteiger partial charge is 0.124 e. The second-order valence-corrected chi connectivity index (χ2v) is 5.94. The van der Waals surface area contributed by atoms with Gasteiger partial charge in [-0.05, 0) is 50.7 Å². The highest BCUT2D eigenvalue weighted by Crippen LogP contribution is 2.30. The van der Waals surface area contributed by atoms with Crippen LogP contribution < -0.4 is 4.74 Å². The van der Waals surface area contributed by atoms with Crippen molar-refractivity contribution in [2.24, 2.45) is 4.99 Å². The first-order chi connectivity index (χ1) is 10.6. The maximum absolute atomic E-state index is 5.85. The maximum Gasteiger partial charge on any atom is 0.124 e. The number of methoxy groups -OCH3 is 1. The lowest BCUT2D eigenvalue weighted by Crippen LogP contribution is -2.22. The zero-order valence-electron chi connectivity index (χ0n) is 14.3. The Bertz CT molecular complexity index is 510. The lowest BCUT2D eigenvalue weighted by molar-refractivity contribution is 0.00398. The number of nitrogens with zero attached hydrogens (tertiary/aromatic N) is 2. The van der Waals surface area contributed by atoms with Gasteiger partial charge in [-0.15, -0.1) is 0 Å². The summed E-state index contributed by atoms with van der Waals surface area (Å²) in [6.45, 7) is 5.90. The number of ether oxygens (including phenoxy) is 2. The molecule has 0 aliphatic heterocycles. The number of hydrogen-bond donors (Lipinski definition) is 0. The first-order valence-corrected chi connectivity index (χ1v) is 8.17. The summed E-state index contributed by atoms with van der Waals surface area (Å²) in [6, 6.07) is 4.19. The molecule has 0 aromatic heterocycles. The second-order valence-electron chi connectivity index (χ2n) is 5.94. The molecule has 1 aliphatic carbocycles. The van der Waals surface area contributed by atoms with Crippen LogP contribution in [0.25, 0.3) is 0 Å². The molecule has 1 aromatic carbocycles. The van der Waals surface area contributed by atoms with Gasteiger partial charge in [0.25, 0.3) is 0 Å². The van der Waals surface area contributed by atoms with E-state index in [2.05, 4.69) is 24.9 Å². The Kier molecular flexibility index (Phi) is 6.25. The minimum absolute atomic E-state index is 0.487. The Hall–Kier alpha value is -1.55. The van der Waals surface area contributed by atoms with Gasteiger partial charge < -0.3 is 14.4 Å². The summed E-state index contributed by atoms with van der Waals surface area (Å²) in [4.78, 5) is 6.59. The van der Waals surface area contributed by atoms with Crippen molar-refractivity contribution < 1.29 is 9.47 Å². The third-order valence-electron chi connectivity index (χ3n) is 4.27. The van der Waals surface area contributed by atoms with E-state index in [4.69, 9.17) is 9.47 Å². The molecule has 0 saturated heterocycles. The van der Waals surface area contributed by atoms with Gasteiger partial charge in [0.2, 0.25) is 0 Å². The molecule has 0 N–H and O–H groups in total. The predicted octanol–water partition coefficient (Wildman–Crippen LogP) is 3.73. The van der Waals surface area contributed by atoms with Crippen LogP contribution in [0, 0.1) is 6.92 Å². The molecule has 0 spiro atoms. The van der Waals surface area contributed by atoms with E-state index in [1.165, 1.54) is 30.4 Å². The Morgan fingerprint density at radius 2 is 2.14 bits per heavy atom. The Labute approximate surface area is 134 Å². The first kappa shape index (κ1) is 16.8. The molecule has 0 heterocycles. The summed E-state index contributed by atoms with van der Waals surface area (Å²) < 4.78 is 11.4. The number of aryl methyl sites for hydroxylation is 1. The van der Waals surface area contributed by atoms with E-state index in [1.807, 2.05) is 24.4 Å². The highest BCUT2D eigenvalue weighted by molar-refractivity contribution is 5.64. The normalized spacial score (nSPS) is 15.1. The third-order valence-corrected chi connectivity index (χ3v) is 4.27. The van der Waals surface area contributed by atoms with Crippen LogP contribution >= 0.6 is 0 Å². The topological polar surface area (TPSA) is 34.1 Å². The van der Waals surface area contributed by atoms with E-state index in [1.54, 1.807) is 7.11 Å². The van der Waals surface area contributed by atoms with Crippen LogP contribution in [-0.2, 0) is 11.2 Å². The molecule has 122 valence electrons. The molecule has 0 bridgehead atoms. The van der Waals surface area contributed by atoms with E-state index in [9.17, 15) is 0 Å². The maximum atomic E-state index is 5.85. The molecular formula is C18H28N2O2. The van der Waals surface area contributed by atoms with Crippen LogP contribution in [0.2, 0.25) is 0 Å².